The Morgan fingerprint density at radius 3 is 2.55 bits per heavy atom. The van der Waals surface area contributed by atoms with E-state index in [0.29, 0.717) is 12.5 Å². The standard InChI is InChI=1S/C8H16OS2/c9-5-8(6-10)7-1-3-11-4-2-7/h7-10H,1-6H2. The summed E-state index contributed by atoms with van der Waals surface area (Å²) in [6, 6.07) is 0. The first kappa shape index (κ1) is 9.75. The number of thiol groups is 1. The van der Waals surface area contributed by atoms with Gasteiger partial charge in [-0.25, -0.2) is 0 Å². The molecule has 1 aliphatic rings. The normalized spacial score (nSPS) is 23.5. The van der Waals surface area contributed by atoms with E-state index >= 15 is 0 Å². The van der Waals surface area contributed by atoms with Crippen LogP contribution < -0.4 is 0 Å². The Kier molecular flexibility index (Phi) is 4.72. The van der Waals surface area contributed by atoms with Crippen molar-refractivity contribution in [3.8, 4) is 0 Å². The second kappa shape index (κ2) is 5.33. The lowest BCUT2D eigenvalue weighted by Gasteiger charge is -2.27. The van der Waals surface area contributed by atoms with Gasteiger partial charge in [-0.1, -0.05) is 0 Å². The summed E-state index contributed by atoms with van der Waals surface area (Å²) in [6.07, 6.45) is 2.55. The van der Waals surface area contributed by atoms with Crippen molar-refractivity contribution >= 4 is 24.4 Å². The van der Waals surface area contributed by atoms with Gasteiger partial charge in [0.25, 0.3) is 0 Å². The Labute approximate surface area is 78.4 Å². The van der Waals surface area contributed by atoms with E-state index < -0.39 is 0 Å². The molecule has 0 radical (unpaired) electrons. The van der Waals surface area contributed by atoms with Crippen LogP contribution >= 0.6 is 24.4 Å². The van der Waals surface area contributed by atoms with Crippen LogP contribution in [-0.2, 0) is 0 Å². The summed E-state index contributed by atoms with van der Waals surface area (Å²) >= 11 is 6.27. The van der Waals surface area contributed by atoms with Gasteiger partial charge in [-0.3, -0.25) is 0 Å². The molecule has 66 valence electrons. The quantitative estimate of drug-likeness (QED) is 0.663. The third-order valence-electron chi connectivity index (χ3n) is 2.40. The topological polar surface area (TPSA) is 20.2 Å². The highest BCUT2D eigenvalue weighted by molar-refractivity contribution is 7.99. The first-order chi connectivity index (χ1) is 5.38. The van der Waals surface area contributed by atoms with E-state index in [4.69, 9.17) is 5.11 Å². The summed E-state index contributed by atoms with van der Waals surface area (Å²) in [6.45, 7) is 0.318. The molecule has 1 nitrogen and oxygen atoms in total. The molecule has 11 heavy (non-hydrogen) atoms. The van der Waals surface area contributed by atoms with Crippen molar-refractivity contribution in [3.05, 3.63) is 0 Å². The summed E-state index contributed by atoms with van der Waals surface area (Å²) in [4.78, 5) is 0. The Balaban J connectivity index is 2.30. The molecule has 0 aliphatic carbocycles. The fraction of sp³-hybridized carbons (Fsp3) is 1.00. The first-order valence-corrected chi connectivity index (χ1v) is 5.96. The lowest BCUT2D eigenvalue weighted by Crippen LogP contribution is -2.24. The van der Waals surface area contributed by atoms with Crippen LogP contribution in [0.5, 0.6) is 0 Å². The van der Waals surface area contributed by atoms with Crippen LogP contribution in [0.1, 0.15) is 12.8 Å². The molecule has 1 fully saturated rings. The summed E-state index contributed by atoms with van der Waals surface area (Å²) in [7, 11) is 0. The van der Waals surface area contributed by atoms with Gasteiger partial charge in [-0.15, -0.1) is 0 Å². The molecule has 1 heterocycles. The Bertz CT molecular complexity index is 98.3. The molecule has 0 aromatic rings. The minimum atomic E-state index is 0.318. The van der Waals surface area contributed by atoms with E-state index in [1.807, 2.05) is 11.8 Å². The van der Waals surface area contributed by atoms with Crippen molar-refractivity contribution in [2.75, 3.05) is 23.9 Å². The van der Waals surface area contributed by atoms with Crippen molar-refractivity contribution in [1.82, 2.24) is 0 Å². The number of rotatable bonds is 3. The molecular formula is C8H16OS2. The predicted octanol–water partition coefficient (Wildman–Crippen LogP) is 1.67. The van der Waals surface area contributed by atoms with Crippen molar-refractivity contribution in [3.63, 3.8) is 0 Å². The molecule has 1 rings (SSSR count). The van der Waals surface area contributed by atoms with Gasteiger partial charge in [0.2, 0.25) is 0 Å². The van der Waals surface area contributed by atoms with Crippen LogP contribution in [0.25, 0.3) is 0 Å². The molecule has 0 spiro atoms. The molecule has 1 atom stereocenters. The highest BCUT2D eigenvalue weighted by Crippen LogP contribution is 2.29. The van der Waals surface area contributed by atoms with Gasteiger partial charge in [-0.2, -0.15) is 24.4 Å². The molecule has 0 aromatic heterocycles. The molecule has 0 aromatic carbocycles. The van der Waals surface area contributed by atoms with Gasteiger partial charge in [0.15, 0.2) is 0 Å². The Hall–Kier alpha value is 0.660. The molecule has 1 unspecified atom stereocenters. The Morgan fingerprint density at radius 2 is 2.09 bits per heavy atom. The van der Waals surface area contributed by atoms with Gasteiger partial charge in [0.1, 0.15) is 0 Å². The fourth-order valence-electron chi connectivity index (χ4n) is 1.54. The zero-order chi connectivity index (χ0) is 8.10. The van der Waals surface area contributed by atoms with E-state index in [9.17, 15) is 0 Å². The Morgan fingerprint density at radius 1 is 1.45 bits per heavy atom. The minimum absolute atomic E-state index is 0.318. The maximum absolute atomic E-state index is 9.02. The summed E-state index contributed by atoms with van der Waals surface area (Å²) in [5.41, 5.74) is 0. The molecule has 1 saturated heterocycles. The minimum Gasteiger partial charge on any atom is -0.396 e. The fourth-order valence-corrected chi connectivity index (χ4v) is 3.10. The van der Waals surface area contributed by atoms with Gasteiger partial charge in [0, 0.05) is 6.61 Å². The van der Waals surface area contributed by atoms with E-state index in [1.54, 1.807) is 0 Å². The smallest absolute Gasteiger partial charge is 0.0469 e. The van der Waals surface area contributed by atoms with E-state index in [2.05, 4.69) is 12.6 Å². The van der Waals surface area contributed by atoms with Gasteiger partial charge < -0.3 is 5.11 Å². The van der Waals surface area contributed by atoms with Crippen molar-refractivity contribution in [2.24, 2.45) is 11.8 Å². The number of hydrogen-bond acceptors (Lipinski definition) is 3. The predicted molar refractivity (Wildman–Crippen MR) is 54.5 cm³/mol. The summed E-state index contributed by atoms with van der Waals surface area (Å²) in [5, 5.41) is 9.02. The van der Waals surface area contributed by atoms with Crippen LogP contribution in [0.3, 0.4) is 0 Å². The third kappa shape index (κ3) is 2.88. The maximum Gasteiger partial charge on any atom is 0.0469 e. The van der Waals surface area contributed by atoms with Crippen LogP contribution in [0, 0.1) is 11.8 Å². The highest BCUT2D eigenvalue weighted by atomic mass is 32.2. The maximum atomic E-state index is 9.02. The molecule has 0 saturated carbocycles. The summed E-state index contributed by atoms with van der Waals surface area (Å²) in [5.74, 6) is 4.56. The second-order valence-corrected chi connectivity index (χ2v) is 4.66. The molecule has 1 aliphatic heterocycles. The van der Waals surface area contributed by atoms with E-state index in [1.165, 1.54) is 24.3 Å². The average Bonchev–Trinajstić information content (AvgIpc) is 2.09. The van der Waals surface area contributed by atoms with Crippen LogP contribution in [-0.4, -0.2) is 29.0 Å². The van der Waals surface area contributed by atoms with Gasteiger partial charge in [0.05, 0.1) is 0 Å². The molecule has 0 amide bonds. The monoisotopic (exact) mass is 192 g/mol. The second-order valence-electron chi connectivity index (χ2n) is 3.08. The zero-order valence-electron chi connectivity index (χ0n) is 6.70. The molecule has 0 bridgehead atoms. The van der Waals surface area contributed by atoms with Crippen molar-refractivity contribution in [2.45, 2.75) is 12.8 Å². The van der Waals surface area contributed by atoms with Crippen molar-refractivity contribution < 1.29 is 5.11 Å². The SMILES string of the molecule is OCC(CS)C1CCSCC1. The molecular weight excluding hydrogens is 176 g/mol. The lowest BCUT2D eigenvalue weighted by atomic mass is 9.89. The highest BCUT2D eigenvalue weighted by Gasteiger charge is 2.21. The largest absolute Gasteiger partial charge is 0.396 e. The first-order valence-electron chi connectivity index (χ1n) is 4.18. The molecule has 3 heteroatoms. The van der Waals surface area contributed by atoms with Crippen molar-refractivity contribution in [1.29, 1.82) is 0 Å². The summed E-state index contributed by atoms with van der Waals surface area (Å²) < 4.78 is 0. The van der Waals surface area contributed by atoms with Gasteiger partial charge >= 0.3 is 0 Å². The van der Waals surface area contributed by atoms with E-state index in [0.717, 1.165) is 11.7 Å². The molecule has 1 N–H and O–H groups in total. The number of aliphatic hydroxyl groups is 1. The lowest BCUT2D eigenvalue weighted by molar-refractivity contribution is 0.185. The van der Waals surface area contributed by atoms with E-state index in [-0.39, 0.29) is 0 Å². The van der Waals surface area contributed by atoms with Crippen LogP contribution in [0.15, 0.2) is 0 Å². The van der Waals surface area contributed by atoms with Crippen LogP contribution in [0.2, 0.25) is 0 Å². The van der Waals surface area contributed by atoms with Gasteiger partial charge in [-0.05, 0) is 41.9 Å². The average molecular weight is 192 g/mol. The number of aliphatic hydroxyl groups excluding tert-OH is 1. The zero-order valence-corrected chi connectivity index (χ0v) is 8.41. The third-order valence-corrected chi connectivity index (χ3v) is 3.92. The number of thioether (sulfide) groups is 1. The van der Waals surface area contributed by atoms with Crippen LogP contribution in [0.4, 0.5) is 0 Å². The number of hydrogen-bond donors (Lipinski definition) is 2.